The molecule has 1 aromatic carbocycles. The molecule has 1 nitrogen and oxygen atoms in total. The highest BCUT2D eigenvalue weighted by atomic mass is 16.3. The molecule has 0 unspecified atom stereocenters. The van der Waals surface area contributed by atoms with E-state index in [1.807, 2.05) is 45.0 Å². The Morgan fingerprint density at radius 1 is 1.09 bits per heavy atom. The molecule has 0 bridgehead atoms. The summed E-state index contributed by atoms with van der Waals surface area (Å²) in [5.41, 5.74) is 2.20. The molecule has 1 N–H and O–H groups in total. The fourth-order valence-electron chi connectivity index (χ4n) is 0.693. The molecule has 1 rings (SSSR count). The van der Waals surface area contributed by atoms with E-state index in [0.29, 0.717) is 0 Å². The Balaban J connectivity index is 0.000000461. The van der Waals surface area contributed by atoms with E-state index in [4.69, 9.17) is 5.11 Å². The Hall–Kier alpha value is -0.820. The molecule has 0 fully saturated rings. The molecule has 62 valence electrons. The van der Waals surface area contributed by atoms with Crippen LogP contribution in [0.4, 0.5) is 0 Å². The topological polar surface area (TPSA) is 20.2 Å². The lowest BCUT2D eigenvalue weighted by Crippen LogP contribution is -1.80. The maximum Gasteiger partial charge on any atom is 0.0681 e. The maximum absolute atomic E-state index is 8.63. The van der Waals surface area contributed by atoms with Crippen LogP contribution in [0, 0.1) is 6.92 Å². The molecule has 11 heavy (non-hydrogen) atoms. The van der Waals surface area contributed by atoms with Crippen LogP contribution in [0.5, 0.6) is 0 Å². The molecule has 0 aliphatic carbocycles. The Morgan fingerprint density at radius 3 is 1.91 bits per heavy atom. The van der Waals surface area contributed by atoms with Crippen LogP contribution in [0.1, 0.15) is 25.0 Å². The first-order valence-electron chi connectivity index (χ1n) is 3.99. The van der Waals surface area contributed by atoms with Gasteiger partial charge in [0.25, 0.3) is 0 Å². The van der Waals surface area contributed by atoms with Crippen LogP contribution in [0.25, 0.3) is 0 Å². The number of hydrogen-bond donors (Lipinski definition) is 1. The number of aliphatic hydroxyl groups excluding tert-OH is 1. The Labute approximate surface area is 68.7 Å². The lowest BCUT2D eigenvalue weighted by Gasteiger charge is -1.93. The van der Waals surface area contributed by atoms with Gasteiger partial charge in [0.05, 0.1) is 6.61 Å². The molecule has 0 amide bonds. The Kier molecular flexibility index (Phi) is 5.49. The van der Waals surface area contributed by atoms with Crippen molar-refractivity contribution >= 4 is 0 Å². The minimum absolute atomic E-state index is 0.139. The highest BCUT2D eigenvalue weighted by Crippen LogP contribution is 2.01. The van der Waals surface area contributed by atoms with Crippen molar-refractivity contribution in [2.24, 2.45) is 0 Å². The summed E-state index contributed by atoms with van der Waals surface area (Å²) < 4.78 is 0. The summed E-state index contributed by atoms with van der Waals surface area (Å²) in [5, 5.41) is 8.63. The average molecular weight is 152 g/mol. The van der Waals surface area contributed by atoms with Crippen molar-refractivity contribution in [1.82, 2.24) is 0 Å². The third-order valence-corrected chi connectivity index (χ3v) is 1.30. The lowest BCUT2D eigenvalue weighted by atomic mass is 10.2. The fraction of sp³-hybridized carbons (Fsp3) is 0.400. The summed E-state index contributed by atoms with van der Waals surface area (Å²) in [6, 6.07) is 7.84. The zero-order valence-corrected chi connectivity index (χ0v) is 7.46. The normalized spacial score (nSPS) is 8.36. The standard InChI is InChI=1S/C8H10O.C2H6/c1-7-2-4-8(6-9)5-3-7;1-2/h2-5,9H,6H2,1H3;1-2H3. The minimum atomic E-state index is 0.139. The van der Waals surface area contributed by atoms with Gasteiger partial charge in [0.1, 0.15) is 0 Å². The van der Waals surface area contributed by atoms with Crippen molar-refractivity contribution in [3.63, 3.8) is 0 Å². The molecule has 0 spiro atoms. The van der Waals surface area contributed by atoms with Crippen molar-refractivity contribution in [2.45, 2.75) is 27.4 Å². The summed E-state index contributed by atoms with van der Waals surface area (Å²) in [4.78, 5) is 0. The molecular formula is C10H16O. The van der Waals surface area contributed by atoms with Gasteiger partial charge in [-0.2, -0.15) is 0 Å². The number of aryl methyl sites for hydroxylation is 1. The largest absolute Gasteiger partial charge is 0.392 e. The average Bonchev–Trinajstić information content (AvgIpc) is 2.10. The Morgan fingerprint density at radius 2 is 1.55 bits per heavy atom. The van der Waals surface area contributed by atoms with E-state index in [1.54, 1.807) is 0 Å². The smallest absolute Gasteiger partial charge is 0.0681 e. The summed E-state index contributed by atoms with van der Waals surface area (Å²) in [6.07, 6.45) is 0. The predicted molar refractivity (Wildman–Crippen MR) is 48.4 cm³/mol. The minimum Gasteiger partial charge on any atom is -0.392 e. The SMILES string of the molecule is CC.Cc1ccc(CO)cc1. The maximum atomic E-state index is 8.63. The zero-order valence-electron chi connectivity index (χ0n) is 7.46. The molecule has 0 saturated heterocycles. The van der Waals surface area contributed by atoms with Crippen LogP contribution in [0.15, 0.2) is 24.3 Å². The fourth-order valence-corrected chi connectivity index (χ4v) is 0.693. The van der Waals surface area contributed by atoms with Gasteiger partial charge in [-0.25, -0.2) is 0 Å². The van der Waals surface area contributed by atoms with Crippen LogP contribution in [0.2, 0.25) is 0 Å². The first kappa shape index (κ1) is 10.2. The molecule has 0 saturated carbocycles. The van der Waals surface area contributed by atoms with Gasteiger partial charge >= 0.3 is 0 Å². The second-order valence-corrected chi connectivity index (χ2v) is 2.14. The van der Waals surface area contributed by atoms with Gasteiger partial charge < -0.3 is 5.11 Å². The van der Waals surface area contributed by atoms with Gasteiger partial charge in [-0.3, -0.25) is 0 Å². The van der Waals surface area contributed by atoms with E-state index in [2.05, 4.69) is 0 Å². The second-order valence-electron chi connectivity index (χ2n) is 2.14. The van der Waals surface area contributed by atoms with Gasteiger partial charge in [0.15, 0.2) is 0 Å². The zero-order chi connectivity index (χ0) is 8.69. The van der Waals surface area contributed by atoms with E-state index in [0.717, 1.165) is 5.56 Å². The van der Waals surface area contributed by atoms with Gasteiger partial charge in [-0.1, -0.05) is 43.7 Å². The van der Waals surface area contributed by atoms with Crippen molar-refractivity contribution < 1.29 is 5.11 Å². The summed E-state index contributed by atoms with van der Waals surface area (Å²) >= 11 is 0. The van der Waals surface area contributed by atoms with Crippen LogP contribution in [-0.2, 0) is 6.61 Å². The molecule has 1 aromatic rings. The van der Waals surface area contributed by atoms with Crippen LogP contribution >= 0.6 is 0 Å². The summed E-state index contributed by atoms with van der Waals surface area (Å²) in [5.74, 6) is 0. The van der Waals surface area contributed by atoms with E-state index in [9.17, 15) is 0 Å². The van der Waals surface area contributed by atoms with E-state index in [1.165, 1.54) is 5.56 Å². The van der Waals surface area contributed by atoms with Gasteiger partial charge in [0.2, 0.25) is 0 Å². The molecule has 0 radical (unpaired) electrons. The molecule has 0 aliphatic heterocycles. The number of rotatable bonds is 1. The van der Waals surface area contributed by atoms with Gasteiger partial charge in [0, 0.05) is 0 Å². The monoisotopic (exact) mass is 152 g/mol. The van der Waals surface area contributed by atoms with Crippen molar-refractivity contribution in [3.05, 3.63) is 35.4 Å². The van der Waals surface area contributed by atoms with E-state index < -0.39 is 0 Å². The molecule has 1 heteroatoms. The van der Waals surface area contributed by atoms with Gasteiger partial charge in [-0.05, 0) is 12.5 Å². The number of aliphatic hydroxyl groups is 1. The Bertz CT molecular complexity index is 177. The van der Waals surface area contributed by atoms with Crippen molar-refractivity contribution in [1.29, 1.82) is 0 Å². The highest BCUT2D eigenvalue weighted by molar-refractivity contribution is 5.20. The first-order chi connectivity index (χ1) is 5.33. The highest BCUT2D eigenvalue weighted by Gasteiger charge is 1.85. The van der Waals surface area contributed by atoms with E-state index >= 15 is 0 Å². The number of hydrogen-bond acceptors (Lipinski definition) is 1. The molecular weight excluding hydrogens is 136 g/mol. The van der Waals surface area contributed by atoms with Crippen LogP contribution < -0.4 is 0 Å². The molecule has 0 atom stereocenters. The number of benzene rings is 1. The van der Waals surface area contributed by atoms with Crippen LogP contribution in [-0.4, -0.2) is 5.11 Å². The quantitative estimate of drug-likeness (QED) is 0.655. The molecule has 0 aromatic heterocycles. The molecule has 0 heterocycles. The summed E-state index contributed by atoms with van der Waals surface area (Å²) in [7, 11) is 0. The third-order valence-electron chi connectivity index (χ3n) is 1.30. The van der Waals surface area contributed by atoms with Crippen molar-refractivity contribution in [3.8, 4) is 0 Å². The molecule has 0 aliphatic rings. The van der Waals surface area contributed by atoms with E-state index in [-0.39, 0.29) is 6.61 Å². The first-order valence-corrected chi connectivity index (χ1v) is 3.99. The third kappa shape index (κ3) is 3.79. The van der Waals surface area contributed by atoms with Crippen molar-refractivity contribution in [2.75, 3.05) is 0 Å². The predicted octanol–water partition coefficient (Wildman–Crippen LogP) is 2.51. The summed E-state index contributed by atoms with van der Waals surface area (Å²) in [6.45, 7) is 6.17. The van der Waals surface area contributed by atoms with Gasteiger partial charge in [-0.15, -0.1) is 0 Å². The lowest BCUT2D eigenvalue weighted by molar-refractivity contribution is 0.282. The second kappa shape index (κ2) is 5.93. The van der Waals surface area contributed by atoms with Crippen LogP contribution in [0.3, 0.4) is 0 Å².